The summed E-state index contributed by atoms with van der Waals surface area (Å²) < 4.78 is 10.1. The molecule has 1 atom stereocenters. The minimum Gasteiger partial charge on any atom is -0.504 e. The molecule has 0 spiro atoms. The van der Waals surface area contributed by atoms with Crippen LogP contribution < -0.4 is 10.1 Å². The van der Waals surface area contributed by atoms with Gasteiger partial charge in [0.1, 0.15) is 0 Å². The monoisotopic (exact) mass is 253 g/mol. The molecule has 0 saturated carbocycles. The van der Waals surface area contributed by atoms with E-state index in [0.29, 0.717) is 5.75 Å². The number of unbranched alkanes of at least 4 members (excludes halogenated alkanes) is 1. The van der Waals surface area contributed by atoms with Gasteiger partial charge in [-0.1, -0.05) is 6.07 Å². The van der Waals surface area contributed by atoms with Crippen molar-refractivity contribution in [1.29, 1.82) is 0 Å². The summed E-state index contributed by atoms with van der Waals surface area (Å²) in [6.07, 6.45) is 2.16. The van der Waals surface area contributed by atoms with Crippen molar-refractivity contribution >= 4 is 0 Å². The second kappa shape index (κ2) is 7.95. The number of hydrogen-bond acceptors (Lipinski definition) is 4. The van der Waals surface area contributed by atoms with E-state index in [0.717, 1.165) is 31.6 Å². The van der Waals surface area contributed by atoms with E-state index >= 15 is 0 Å². The highest BCUT2D eigenvalue weighted by Gasteiger charge is 2.08. The van der Waals surface area contributed by atoms with Gasteiger partial charge in [-0.15, -0.1) is 0 Å². The zero-order chi connectivity index (χ0) is 13.4. The normalized spacial score (nSPS) is 12.4. The molecule has 0 saturated heterocycles. The van der Waals surface area contributed by atoms with Gasteiger partial charge in [-0.2, -0.15) is 0 Å². The van der Waals surface area contributed by atoms with E-state index in [-0.39, 0.29) is 11.8 Å². The summed E-state index contributed by atoms with van der Waals surface area (Å²) >= 11 is 0. The minimum absolute atomic E-state index is 0.175. The van der Waals surface area contributed by atoms with Crippen molar-refractivity contribution in [3.8, 4) is 11.5 Å². The third kappa shape index (κ3) is 4.55. The summed E-state index contributed by atoms with van der Waals surface area (Å²) in [5, 5.41) is 13.0. The van der Waals surface area contributed by atoms with Crippen molar-refractivity contribution in [2.45, 2.75) is 25.8 Å². The highest BCUT2D eigenvalue weighted by molar-refractivity contribution is 5.42. The smallest absolute Gasteiger partial charge is 0.160 e. The second-order valence-electron chi connectivity index (χ2n) is 4.31. The van der Waals surface area contributed by atoms with Gasteiger partial charge < -0.3 is 19.9 Å². The van der Waals surface area contributed by atoms with Crippen LogP contribution in [0.4, 0.5) is 0 Å². The van der Waals surface area contributed by atoms with Crippen molar-refractivity contribution < 1.29 is 14.6 Å². The van der Waals surface area contributed by atoms with Crippen LogP contribution in [0.15, 0.2) is 18.2 Å². The number of hydrogen-bond donors (Lipinski definition) is 2. The molecule has 4 heteroatoms. The van der Waals surface area contributed by atoms with E-state index in [4.69, 9.17) is 9.47 Å². The SMILES string of the molecule is COCCCCNC(C)c1ccc(O)c(OC)c1. The average molecular weight is 253 g/mol. The quantitative estimate of drug-likeness (QED) is 0.699. The van der Waals surface area contributed by atoms with Gasteiger partial charge in [0.2, 0.25) is 0 Å². The molecule has 1 aromatic rings. The van der Waals surface area contributed by atoms with Crippen LogP contribution in [0.3, 0.4) is 0 Å². The molecule has 1 rings (SSSR count). The fourth-order valence-electron chi connectivity index (χ4n) is 1.77. The lowest BCUT2D eigenvalue weighted by molar-refractivity contribution is 0.192. The molecule has 0 aromatic heterocycles. The van der Waals surface area contributed by atoms with Crippen LogP contribution in [0, 0.1) is 0 Å². The maximum atomic E-state index is 9.53. The first-order valence-electron chi connectivity index (χ1n) is 6.28. The summed E-state index contributed by atoms with van der Waals surface area (Å²) in [7, 11) is 3.28. The maximum Gasteiger partial charge on any atom is 0.160 e. The molecule has 4 nitrogen and oxygen atoms in total. The molecule has 0 aliphatic carbocycles. The Labute approximate surface area is 109 Å². The number of phenols is 1. The highest BCUT2D eigenvalue weighted by atomic mass is 16.5. The lowest BCUT2D eigenvalue weighted by atomic mass is 10.1. The number of methoxy groups -OCH3 is 2. The van der Waals surface area contributed by atoms with E-state index in [1.54, 1.807) is 20.3 Å². The molecule has 0 heterocycles. The first kappa shape index (κ1) is 14.8. The molecule has 0 aliphatic rings. The maximum absolute atomic E-state index is 9.53. The second-order valence-corrected chi connectivity index (χ2v) is 4.31. The number of nitrogens with one attached hydrogen (secondary N) is 1. The molecule has 102 valence electrons. The van der Waals surface area contributed by atoms with Gasteiger partial charge in [0.25, 0.3) is 0 Å². The van der Waals surface area contributed by atoms with Gasteiger partial charge in [-0.3, -0.25) is 0 Å². The van der Waals surface area contributed by atoms with Gasteiger partial charge in [0, 0.05) is 19.8 Å². The molecule has 0 fully saturated rings. The molecule has 18 heavy (non-hydrogen) atoms. The van der Waals surface area contributed by atoms with Crippen LogP contribution in [-0.2, 0) is 4.74 Å². The summed E-state index contributed by atoms with van der Waals surface area (Å²) in [5.41, 5.74) is 1.11. The molecule has 2 N–H and O–H groups in total. The van der Waals surface area contributed by atoms with Gasteiger partial charge in [-0.25, -0.2) is 0 Å². The Morgan fingerprint density at radius 2 is 2.06 bits per heavy atom. The lowest BCUT2D eigenvalue weighted by Gasteiger charge is -2.15. The molecule has 1 aromatic carbocycles. The number of ether oxygens (including phenoxy) is 2. The minimum atomic E-state index is 0.175. The first-order valence-corrected chi connectivity index (χ1v) is 6.28. The molecule has 1 unspecified atom stereocenters. The Morgan fingerprint density at radius 1 is 1.28 bits per heavy atom. The van der Waals surface area contributed by atoms with E-state index in [1.165, 1.54) is 0 Å². The molecule has 0 amide bonds. The van der Waals surface area contributed by atoms with Gasteiger partial charge in [0.05, 0.1) is 7.11 Å². The molecular weight excluding hydrogens is 230 g/mol. The fraction of sp³-hybridized carbons (Fsp3) is 0.571. The van der Waals surface area contributed by atoms with Crippen molar-refractivity contribution in [2.24, 2.45) is 0 Å². The first-order chi connectivity index (χ1) is 8.69. The zero-order valence-corrected chi connectivity index (χ0v) is 11.4. The van der Waals surface area contributed by atoms with E-state index in [9.17, 15) is 5.11 Å². The Morgan fingerprint density at radius 3 is 2.72 bits per heavy atom. The van der Waals surface area contributed by atoms with E-state index in [2.05, 4.69) is 12.2 Å². The molecule has 0 aliphatic heterocycles. The summed E-state index contributed by atoms with van der Waals surface area (Å²) in [5.74, 6) is 0.689. The number of benzene rings is 1. The van der Waals surface area contributed by atoms with E-state index in [1.807, 2.05) is 12.1 Å². The van der Waals surface area contributed by atoms with Crippen LogP contribution in [0.5, 0.6) is 11.5 Å². The number of aromatic hydroxyl groups is 1. The van der Waals surface area contributed by atoms with Gasteiger partial charge >= 0.3 is 0 Å². The molecular formula is C14H23NO3. The van der Waals surface area contributed by atoms with Crippen LogP contribution in [0.1, 0.15) is 31.4 Å². The highest BCUT2D eigenvalue weighted by Crippen LogP contribution is 2.28. The fourth-order valence-corrected chi connectivity index (χ4v) is 1.77. The standard InChI is InChI=1S/C14H23NO3/c1-11(15-8-4-5-9-17-2)12-6-7-13(16)14(10-12)18-3/h6-7,10-11,15-16H,4-5,8-9H2,1-3H3. The summed E-state index contributed by atoms with van der Waals surface area (Å²) in [4.78, 5) is 0. The van der Waals surface area contributed by atoms with Crippen LogP contribution in [0.2, 0.25) is 0 Å². The molecule has 0 radical (unpaired) electrons. The summed E-state index contributed by atoms with van der Waals surface area (Å²) in [6, 6.07) is 5.67. The van der Waals surface area contributed by atoms with Crippen molar-refractivity contribution in [1.82, 2.24) is 5.32 Å². The van der Waals surface area contributed by atoms with Crippen LogP contribution in [0.25, 0.3) is 0 Å². The molecule has 0 bridgehead atoms. The summed E-state index contributed by atoms with van der Waals surface area (Å²) in [6.45, 7) is 3.86. The van der Waals surface area contributed by atoms with Crippen molar-refractivity contribution in [2.75, 3.05) is 27.4 Å². The van der Waals surface area contributed by atoms with Gasteiger partial charge in [-0.05, 0) is 44.0 Å². The number of rotatable bonds is 8. The zero-order valence-electron chi connectivity index (χ0n) is 11.4. The Kier molecular flexibility index (Phi) is 6.54. The predicted molar refractivity (Wildman–Crippen MR) is 72.2 cm³/mol. The lowest BCUT2D eigenvalue weighted by Crippen LogP contribution is -2.20. The van der Waals surface area contributed by atoms with Gasteiger partial charge in [0.15, 0.2) is 11.5 Å². The third-order valence-electron chi connectivity index (χ3n) is 2.93. The topological polar surface area (TPSA) is 50.7 Å². The Bertz CT molecular complexity index is 355. The largest absolute Gasteiger partial charge is 0.504 e. The van der Waals surface area contributed by atoms with Crippen molar-refractivity contribution in [3.63, 3.8) is 0 Å². The Balaban J connectivity index is 2.43. The van der Waals surface area contributed by atoms with Crippen LogP contribution >= 0.6 is 0 Å². The average Bonchev–Trinajstić information content (AvgIpc) is 2.38. The number of phenolic OH excluding ortho intramolecular Hbond substituents is 1. The predicted octanol–water partition coefficient (Wildman–Crippen LogP) is 2.48. The van der Waals surface area contributed by atoms with Crippen LogP contribution in [-0.4, -0.2) is 32.5 Å². The Hall–Kier alpha value is -1.26. The van der Waals surface area contributed by atoms with Crippen molar-refractivity contribution in [3.05, 3.63) is 23.8 Å². The third-order valence-corrected chi connectivity index (χ3v) is 2.93. The van der Waals surface area contributed by atoms with E-state index < -0.39 is 0 Å².